The predicted molar refractivity (Wildman–Crippen MR) is 96.6 cm³/mol. The molecule has 2 saturated heterocycles. The molecule has 0 saturated carbocycles. The molecule has 3 rings (SSSR count). The standard InChI is InChI=1S/C19H29N3O2/c1-4-14-6-7-16(12-15(14)5-2)20-19(23)22-9-8-18-17(13-22)21(3)10-11-24-18/h6-7,12,17-18H,4-5,8-11,13H2,1-3H3,(H,20,23). The second-order valence-corrected chi connectivity index (χ2v) is 6.81. The predicted octanol–water partition coefficient (Wildman–Crippen LogP) is 2.75. The molecule has 0 aliphatic carbocycles. The van der Waals surface area contributed by atoms with Crippen molar-refractivity contribution in [2.24, 2.45) is 0 Å². The van der Waals surface area contributed by atoms with Crippen molar-refractivity contribution in [2.75, 3.05) is 38.6 Å². The number of urea groups is 1. The van der Waals surface area contributed by atoms with Crippen molar-refractivity contribution in [3.8, 4) is 0 Å². The summed E-state index contributed by atoms with van der Waals surface area (Å²) in [6.07, 6.45) is 3.20. The maximum atomic E-state index is 12.7. The molecule has 2 atom stereocenters. The Labute approximate surface area is 145 Å². The average molecular weight is 331 g/mol. The number of ether oxygens (including phenoxy) is 1. The summed E-state index contributed by atoms with van der Waals surface area (Å²) in [5, 5.41) is 3.08. The number of hydrogen-bond acceptors (Lipinski definition) is 3. The fourth-order valence-electron chi connectivity index (χ4n) is 3.81. The lowest BCUT2D eigenvalue weighted by molar-refractivity contribution is -0.0875. The van der Waals surface area contributed by atoms with Crippen molar-refractivity contribution >= 4 is 11.7 Å². The Bertz CT molecular complexity index is 590. The van der Waals surface area contributed by atoms with Gasteiger partial charge < -0.3 is 15.0 Å². The number of nitrogens with one attached hydrogen (secondary N) is 1. The number of morpholine rings is 1. The molecule has 1 aromatic carbocycles. The molecule has 2 aliphatic heterocycles. The van der Waals surface area contributed by atoms with Gasteiger partial charge >= 0.3 is 6.03 Å². The molecule has 24 heavy (non-hydrogen) atoms. The molecule has 2 aliphatic rings. The SMILES string of the molecule is CCc1ccc(NC(=O)N2CCC3OCCN(C)C3C2)cc1CC. The number of likely N-dealkylation sites (tertiary alicyclic amines) is 1. The van der Waals surface area contributed by atoms with Crippen LogP contribution in [0.1, 0.15) is 31.4 Å². The van der Waals surface area contributed by atoms with Crippen LogP contribution in [0.5, 0.6) is 0 Å². The highest BCUT2D eigenvalue weighted by atomic mass is 16.5. The van der Waals surface area contributed by atoms with Gasteiger partial charge in [0.15, 0.2) is 0 Å². The van der Waals surface area contributed by atoms with Gasteiger partial charge in [-0.3, -0.25) is 4.90 Å². The topological polar surface area (TPSA) is 44.8 Å². The third kappa shape index (κ3) is 3.57. The molecule has 5 heteroatoms. The molecule has 2 fully saturated rings. The van der Waals surface area contributed by atoms with E-state index in [-0.39, 0.29) is 12.1 Å². The summed E-state index contributed by atoms with van der Waals surface area (Å²) in [5.41, 5.74) is 3.57. The minimum Gasteiger partial charge on any atom is -0.375 e. The summed E-state index contributed by atoms with van der Waals surface area (Å²) in [6.45, 7) is 7.56. The number of rotatable bonds is 3. The van der Waals surface area contributed by atoms with Crippen molar-refractivity contribution in [3.63, 3.8) is 0 Å². The Morgan fingerprint density at radius 2 is 2.04 bits per heavy atom. The Morgan fingerprint density at radius 1 is 1.25 bits per heavy atom. The van der Waals surface area contributed by atoms with E-state index in [1.54, 1.807) is 0 Å². The third-order valence-electron chi connectivity index (χ3n) is 5.37. The molecule has 132 valence electrons. The van der Waals surface area contributed by atoms with Gasteiger partial charge in [-0.25, -0.2) is 4.79 Å². The lowest BCUT2D eigenvalue weighted by Crippen LogP contribution is -2.60. The summed E-state index contributed by atoms with van der Waals surface area (Å²) in [5.74, 6) is 0. The molecule has 1 N–H and O–H groups in total. The monoisotopic (exact) mass is 331 g/mol. The van der Waals surface area contributed by atoms with Gasteiger partial charge in [-0.1, -0.05) is 19.9 Å². The van der Waals surface area contributed by atoms with Crippen LogP contribution >= 0.6 is 0 Å². The van der Waals surface area contributed by atoms with Crippen LogP contribution < -0.4 is 5.32 Å². The minimum absolute atomic E-state index is 0.00118. The quantitative estimate of drug-likeness (QED) is 0.926. The van der Waals surface area contributed by atoms with Gasteiger partial charge in [0.2, 0.25) is 0 Å². The zero-order valence-electron chi connectivity index (χ0n) is 15.0. The average Bonchev–Trinajstić information content (AvgIpc) is 2.61. The fraction of sp³-hybridized carbons (Fsp3) is 0.632. The number of hydrogen-bond donors (Lipinski definition) is 1. The van der Waals surface area contributed by atoms with E-state index in [4.69, 9.17) is 4.74 Å². The van der Waals surface area contributed by atoms with E-state index in [0.717, 1.165) is 51.2 Å². The maximum Gasteiger partial charge on any atom is 0.321 e. The molecule has 0 radical (unpaired) electrons. The molecule has 2 unspecified atom stereocenters. The van der Waals surface area contributed by atoms with Gasteiger partial charge in [-0.15, -0.1) is 0 Å². The number of piperidine rings is 1. The van der Waals surface area contributed by atoms with Crippen LogP contribution in [0.4, 0.5) is 10.5 Å². The fourth-order valence-corrected chi connectivity index (χ4v) is 3.81. The first-order chi connectivity index (χ1) is 11.6. The molecule has 1 aromatic rings. The van der Waals surface area contributed by atoms with Crippen molar-refractivity contribution in [1.82, 2.24) is 9.80 Å². The van der Waals surface area contributed by atoms with Crippen molar-refractivity contribution < 1.29 is 9.53 Å². The number of benzene rings is 1. The first kappa shape index (κ1) is 17.2. The number of anilines is 1. The van der Waals surface area contributed by atoms with Crippen LogP contribution in [0, 0.1) is 0 Å². The van der Waals surface area contributed by atoms with Crippen LogP contribution in [-0.4, -0.2) is 61.3 Å². The molecule has 2 heterocycles. The van der Waals surface area contributed by atoms with E-state index in [2.05, 4.69) is 43.2 Å². The van der Waals surface area contributed by atoms with E-state index in [9.17, 15) is 4.79 Å². The normalized spacial score (nSPS) is 24.5. The molecule has 5 nitrogen and oxygen atoms in total. The summed E-state index contributed by atoms with van der Waals surface area (Å²) in [6, 6.07) is 6.56. The van der Waals surface area contributed by atoms with Gasteiger partial charge in [0.05, 0.1) is 18.8 Å². The van der Waals surface area contributed by atoms with Crippen LogP contribution in [-0.2, 0) is 17.6 Å². The first-order valence-corrected chi connectivity index (χ1v) is 9.12. The summed E-state index contributed by atoms with van der Waals surface area (Å²) in [7, 11) is 2.12. The Morgan fingerprint density at radius 3 is 2.79 bits per heavy atom. The smallest absolute Gasteiger partial charge is 0.321 e. The lowest BCUT2D eigenvalue weighted by atomic mass is 9.99. The van der Waals surface area contributed by atoms with Crippen LogP contribution in [0.2, 0.25) is 0 Å². The van der Waals surface area contributed by atoms with Gasteiger partial charge in [0, 0.05) is 25.3 Å². The van der Waals surface area contributed by atoms with Crippen LogP contribution in [0.15, 0.2) is 18.2 Å². The van der Waals surface area contributed by atoms with Gasteiger partial charge in [-0.2, -0.15) is 0 Å². The van der Waals surface area contributed by atoms with Crippen LogP contribution in [0.25, 0.3) is 0 Å². The van der Waals surface area contributed by atoms with E-state index in [0.29, 0.717) is 6.04 Å². The Hall–Kier alpha value is -1.59. The Balaban J connectivity index is 1.65. The minimum atomic E-state index is -0.00118. The number of carbonyl (C=O) groups excluding carboxylic acids is 1. The highest BCUT2D eigenvalue weighted by Crippen LogP contribution is 2.23. The number of likely N-dealkylation sites (N-methyl/N-ethyl adjacent to an activating group) is 1. The van der Waals surface area contributed by atoms with Gasteiger partial charge in [0.1, 0.15) is 0 Å². The van der Waals surface area contributed by atoms with Gasteiger partial charge in [-0.05, 0) is 49.6 Å². The number of carbonyl (C=O) groups is 1. The second kappa shape index (κ2) is 7.53. The Kier molecular flexibility index (Phi) is 5.41. The third-order valence-corrected chi connectivity index (χ3v) is 5.37. The number of nitrogens with zero attached hydrogens (tertiary/aromatic N) is 2. The molecular formula is C19H29N3O2. The number of aryl methyl sites for hydroxylation is 2. The summed E-state index contributed by atoms with van der Waals surface area (Å²) >= 11 is 0. The van der Waals surface area contributed by atoms with Crippen LogP contribution in [0.3, 0.4) is 0 Å². The largest absolute Gasteiger partial charge is 0.375 e. The number of fused-ring (bicyclic) bond motifs is 1. The van der Waals surface area contributed by atoms with Gasteiger partial charge in [0.25, 0.3) is 0 Å². The van der Waals surface area contributed by atoms with E-state index in [1.165, 1.54) is 11.1 Å². The van der Waals surface area contributed by atoms with Crippen molar-refractivity contribution in [2.45, 2.75) is 45.3 Å². The summed E-state index contributed by atoms with van der Waals surface area (Å²) < 4.78 is 5.85. The number of amides is 2. The molecule has 0 bridgehead atoms. The van der Waals surface area contributed by atoms with E-state index >= 15 is 0 Å². The van der Waals surface area contributed by atoms with E-state index < -0.39 is 0 Å². The first-order valence-electron chi connectivity index (χ1n) is 9.12. The highest BCUT2D eigenvalue weighted by molar-refractivity contribution is 5.89. The van der Waals surface area contributed by atoms with E-state index in [1.807, 2.05) is 11.0 Å². The summed E-state index contributed by atoms with van der Waals surface area (Å²) in [4.78, 5) is 16.9. The molecule has 0 aromatic heterocycles. The maximum absolute atomic E-state index is 12.7. The highest BCUT2D eigenvalue weighted by Gasteiger charge is 2.36. The van der Waals surface area contributed by atoms with Crippen molar-refractivity contribution in [3.05, 3.63) is 29.3 Å². The molecule has 0 spiro atoms. The zero-order chi connectivity index (χ0) is 17.1. The van der Waals surface area contributed by atoms with Crippen molar-refractivity contribution in [1.29, 1.82) is 0 Å². The lowest BCUT2D eigenvalue weighted by Gasteiger charge is -2.45. The zero-order valence-corrected chi connectivity index (χ0v) is 15.0. The molecular weight excluding hydrogens is 302 g/mol. The second-order valence-electron chi connectivity index (χ2n) is 6.81. The molecule has 2 amide bonds.